The van der Waals surface area contributed by atoms with Gasteiger partial charge in [-0.25, -0.2) is 4.57 Å². The minimum Gasteiger partial charge on any atom is -0.479 e. The molecule has 1 unspecified atom stereocenters. The van der Waals surface area contributed by atoms with Crippen LogP contribution in [-0.4, -0.2) is 6.35 Å². The second kappa shape index (κ2) is 13.1. The molecule has 0 spiro atoms. The summed E-state index contributed by atoms with van der Waals surface area (Å²) in [7, 11) is -8.16. The van der Waals surface area contributed by atoms with Crippen LogP contribution in [0.3, 0.4) is 0 Å². The molecule has 0 radical (unpaired) electrons. The van der Waals surface area contributed by atoms with Crippen LogP contribution in [0.15, 0.2) is 146 Å². The van der Waals surface area contributed by atoms with Gasteiger partial charge in [0.25, 0.3) is 0 Å². The van der Waals surface area contributed by atoms with Crippen molar-refractivity contribution in [2.45, 2.75) is 0 Å². The number of rotatable bonds is 13. The van der Waals surface area contributed by atoms with E-state index < -0.39 is 15.4 Å². The highest BCUT2D eigenvalue weighted by Gasteiger charge is 2.34. The highest BCUT2D eigenvalue weighted by Crippen LogP contribution is 2.52. The molecule has 0 aromatic heterocycles. The lowest BCUT2D eigenvalue weighted by Crippen LogP contribution is -2.10. The molecule has 208 valence electrons. The topological polar surface area (TPSA) is 89.5 Å². The molecule has 5 aromatic carbocycles. The zero-order valence-electron chi connectivity index (χ0n) is 21.7. The van der Waals surface area contributed by atoms with Crippen LogP contribution in [-0.2, 0) is 9.13 Å². The lowest BCUT2D eigenvalue weighted by Gasteiger charge is -2.21. The van der Waals surface area contributed by atoms with Gasteiger partial charge in [0, 0.05) is 6.07 Å². The van der Waals surface area contributed by atoms with E-state index >= 15 is 0 Å². The highest BCUT2D eigenvalue weighted by atomic mass is 31.2. The van der Waals surface area contributed by atoms with E-state index in [4.69, 9.17) is 27.4 Å². The first kappa shape index (κ1) is 27.9. The molecular weight excluding hydrogens is 562 g/mol. The number of para-hydroxylation sites is 4. The maximum atomic E-state index is 13.9. The zero-order chi connectivity index (χ0) is 28.4. The molecule has 1 atom stereocenters. The minimum atomic E-state index is -4.24. The number of ether oxygens (including phenoxy) is 1. The smallest absolute Gasteiger partial charge is 0.479 e. The van der Waals surface area contributed by atoms with Crippen LogP contribution < -0.4 is 27.4 Å². The second-order valence-electron chi connectivity index (χ2n) is 8.52. The van der Waals surface area contributed by atoms with E-state index in [0.29, 0.717) is 11.5 Å². The third kappa shape index (κ3) is 8.42. The molecule has 10 heteroatoms. The van der Waals surface area contributed by atoms with E-state index in [0.717, 1.165) is 0 Å². The number of phosphoric acid groups is 1. The summed E-state index contributed by atoms with van der Waals surface area (Å²) in [4.78, 5) is 0. The average molecular weight is 588 g/mol. The summed E-state index contributed by atoms with van der Waals surface area (Å²) in [6.45, 7) is 0. The Morgan fingerprint density at radius 2 is 0.732 bits per heavy atom. The molecular formula is C31H26O8P2. The van der Waals surface area contributed by atoms with E-state index in [-0.39, 0.29) is 29.3 Å². The fraction of sp³-hybridized carbons (Fsp3) is 0.0323. The number of hydrogen-bond acceptors (Lipinski definition) is 8. The monoisotopic (exact) mass is 588 g/mol. The Morgan fingerprint density at radius 3 is 1.22 bits per heavy atom. The van der Waals surface area contributed by atoms with E-state index in [2.05, 4.69) is 0 Å². The van der Waals surface area contributed by atoms with E-state index in [1.54, 1.807) is 127 Å². The SMILES string of the molecule is O=P(COc1ccccc1)(Oc1ccccc1)Oc1cccc(OP(=O)(Oc2ccccc2)Oc2ccccc2)c1. The van der Waals surface area contributed by atoms with Crippen molar-refractivity contribution in [1.29, 1.82) is 0 Å². The summed E-state index contributed by atoms with van der Waals surface area (Å²) < 4.78 is 62.3. The zero-order valence-corrected chi connectivity index (χ0v) is 23.5. The Kier molecular flexibility index (Phi) is 8.95. The second-order valence-corrected chi connectivity index (χ2v) is 11.8. The molecule has 41 heavy (non-hydrogen) atoms. The van der Waals surface area contributed by atoms with E-state index in [9.17, 15) is 9.13 Å². The Hall–Kier alpha value is -4.64. The van der Waals surface area contributed by atoms with Crippen LogP contribution in [0.2, 0.25) is 0 Å². The quantitative estimate of drug-likeness (QED) is 0.126. The Balaban J connectivity index is 1.38. The van der Waals surface area contributed by atoms with Gasteiger partial charge in [0.15, 0.2) is 0 Å². The number of benzene rings is 5. The fourth-order valence-corrected chi connectivity index (χ4v) is 6.11. The molecule has 0 N–H and O–H groups in total. The first-order valence-corrected chi connectivity index (χ1v) is 15.8. The maximum Gasteiger partial charge on any atom is 0.647 e. The lowest BCUT2D eigenvalue weighted by atomic mass is 10.3. The molecule has 0 aliphatic heterocycles. The first-order chi connectivity index (χ1) is 20.0. The van der Waals surface area contributed by atoms with Gasteiger partial charge in [-0.15, -0.1) is 0 Å². The van der Waals surface area contributed by atoms with Gasteiger partial charge in [-0.1, -0.05) is 78.9 Å². The molecule has 8 nitrogen and oxygen atoms in total. The van der Waals surface area contributed by atoms with Crippen LogP contribution >= 0.6 is 15.4 Å². The molecule has 0 aliphatic carbocycles. The van der Waals surface area contributed by atoms with Gasteiger partial charge in [0.1, 0.15) is 34.5 Å². The van der Waals surface area contributed by atoms with Crippen LogP contribution in [0, 0.1) is 0 Å². The predicted molar refractivity (Wildman–Crippen MR) is 156 cm³/mol. The van der Waals surface area contributed by atoms with Crippen molar-refractivity contribution in [3.8, 4) is 34.5 Å². The average Bonchev–Trinajstić information content (AvgIpc) is 2.98. The Labute approximate surface area is 238 Å². The molecule has 0 heterocycles. The summed E-state index contributed by atoms with van der Waals surface area (Å²) in [5.41, 5.74) is 0. The van der Waals surface area contributed by atoms with Crippen molar-refractivity contribution >= 4 is 15.4 Å². The third-order valence-corrected chi connectivity index (χ3v) is 8.03. The van der Waals surface area contributed by atoms with Gasteiger partial charge in [0.2, 0.25) is 6.35 Å². The predicted octanol–water partition coefficient (Wildman–Crippen LogP) is 9.02. The molecule has 5 aromatic rings. The molecule has 0 fully saturated rings. The Morgan fingerprint density at radius 1 is 0.390 bits per heavy atom. The first-order valence-electron chi connectivity index (χ1n) is 12.6. The summed E-state index contributed by atoms with van der Waals surface area (Å²) >= 11 is 0. The Bertz CT molecular complexity index is 1570. The third-order valence-electron chi connectivity index (χ3n) is 5.31. The minimum absolute atomic E-state index is 0.0907. The van der Waals surface area contributed by atoms with Gasteiger partial charge in [-0.2, -0.15) is 4.57 Å². The molecule has 0 bridgehead atoms. The van der Waals surface area contributed by atoms with Crippen molar-refractivity contribution < 1.29 is 36.5 Å². The van der Waals surface area contributed by atoms with Crippen molar-refractivity contribution in [3.05, 3.63) is 146 Å². The van der Waals surface area contributed by atoms with E-state index in [1.807, 2.05) is 12.1 Å². The highest BCUT2D eigenvalue weighted by molar-refractivity contribution is 7.54. The summed E-state index contributed by atoms with van der Waals surface area (Å²) in [5.74, 6) is 1.65. The largest absolute Gasteiger partial charge is 0.647 e. The molecule has 0 aliphatic rings. The van der Waals surface area contributed by atoms with Crippen molar-refractivity contribution in [2.75, 3.05) is 6.35 Å². The standard InChI is InChI=1S/C31H26O8P2/c32-40(35-27-16-7-2-8-17-27,25-34-26-14-5-1-6-15-26)36-30-22-13-23-31(24-30)39-41(33,37-28-18-9-3-10-19-28)38-29-20-11-4-12-21-29/h1-24H,25H2. The molecule has 5 rings (SSSR count). The van der Waals surface area contributed by atoms with Gasteiger partial charge in [-0.05, 0) is 60.7 Å². The van der Waals surface area contributed by atoms with Gasteiger partial charge in [-0.3, -0.25) is 0 Å². The van der Waals surface area contributed by atoms with Gasteiger partial charge in [0.05, 0.1) is 0 Å². The summed E-state index contributed by atoms with van der Waals surface area (Å²) in [6.07, 6.45) is -0.371. The van der Waals surface area contributed by atoms with Crippen LogP contribution in [0.5, 0.6) is 34.5 Å². The maximum absolute atomic E-state index is 13.9. The number of phosphoric ester groups is 1. The summed E-state index contributed by atoms with van der Waals surface area (Å²) in [6, 6.07) is 40.7. The fourth-order valence-electron chi connectivity index (χ4n) is 3.54. The molecule has 0 amide bonds. The molecule has 0 saturated carbocycles. The van der Waals surface area contributed by atoms with Crippen molar-refractivity contribution in [3.63, 3.8) is 0 Å². The van der Waals surface area contributed by atoms with Crippen LogP contribution in [0.4, 0.5) is 0 Å². The normalized spacial score (nSPS) is 12.4. The van der Waals surface area contributed by atoms with Gasteiger partial charge < -0.3 is 27.4 Å². The van der Waals surface area contributed by atoms with Crippen molar-refractivity contribution in [2.24, 2.45) is 0 Å². The summed E-state index contributed by atoms with van der Waals surface area (Å²) in [5, 5.41) is 0. The lowest BCUT2D eigenvalue weighted by molar-refractivity contribution is 0.297. The van der Waals surface area contributed by atoms with Crippen molar-refractivity contribution in [1.82, 2.24) is 0 Å². The molecule has 0 saturated heterocycles. The number of hydrogen-bond donors (Lipinski definition) is 0. The van der Waals surface area contributed by atoms with Crippen LogP contribution in [0.25, 0.3) is 0 Å². The van der Waals surface area contributed by atoms with Gasteiger partial charge >= 0.3 is 15.4 Å². The van der Waals surface area contributed by atoms with E-state index in [1.165, 1.54) is 6.07 Å². The van der Waals surface area contributed by atoms with Crippen LogP contribution in [0.1, 0.15) is 0 Å².